The number of hydrogen-bond donors (Lipinski definition) is 1. The Morgan fingerprint density at radius 2 is 2.14 bits per heavy atom. The summed E-state index contributed by atoms with van der Waals surface area (Å²) >= 11 is 0. The number of hydrogen-bond acceptors (Lipinski definition) is 4. The van der Waals surface area contributed by atoms with Gasteiger partial charge in [0.15, 0.2) is 0 Å². The van der Waals surface area contributed by atoms with Crippen molar-refractivity contribution in [1.82, 2.24) is 14.6 Å². The molecule has 1 N–H and O–H groups in total. The minimum Gasteiger partial charge on any atom is -0.318 e. The SMILES string of the molecule is CNCC1CCCN1S(=O)(=O)c1cccc2ncccc12.Cl. The number of sulfonamides is 1. The summed E-state index contributed by atoms with van der Waals surface area (Å²) in [7, 11) is -1.63. The number of nitrogens with zero attached hydrogens (tertiary/aromatic N) is 2. The zero-order valence-electron chi connectivity index (χ0n) is 12.4. The Balaban J connectivity index is 0.00000176. The minimum absolute atomic E-state index is 0. The molecule has 0 spiro atoms. The molecule has 120 valence electrons. The van der Waals surface area contributed by atoms with Crippen molar-refractivity contribution in [1.29, 1.82) is 0 Å². The van der Waals surface area contributed by atoms with Gasteiger partial charge in [-0.15, -0.1) is 12.4 Å². The molecule has 0 aliphatic carbocycles. The van der Waals surface area contributed by atoms with Crippen LogP contribution in [-0.4, -0.2) is 43.9 Å². The van der Waals surface area contributed by atoms with Crippen molar-refractivity contribution in [3.8, 4) is 0 Å². The van der Waals surface area contributed by atoms with E-state index >= 15 is 0 Å². The molecule has 1 aliphatic rings. The maximum Gasteiger partial charge on any atom is 0.244 e. The van der Waals surface area contributed by atoms with Crippen molar-refractivity contribution in [2.75, 3.05) is 20.1 Å². The molecule has 7 heteroatoms. The van der Waals surface area contributed by atoms with Crippen LogP contribution in [0.15, 0.2) is 41.4 Å². The van der Waals surface area contributed by atoms with Crippen molar-refractivity contribution in [3.05, 3.63) is 36.5 Å². The molecule has 2 aromatic rings. The van der Waals surface area contributed by atoms with E-state index in [1.165, 1.54) is 0 Å². The van der Waals surface area contributed by atoms with Crippen LogP contribution in [0.25, 0.3) is 10.9 Å². The lowest BCUT2D eigenvalue weighted by Crippen LogP contribution is -2.40. The molecule has 1 unspecified atom stereocenters. The van der Waals surface area contributed by atoms with Crippen molar-refractivity contribution in [3.63, 3.8) is 0 Å². The molecule has 2 heterocycles. The first kappa shape index (κ1) is 17.1. The molecule has 1 aromatic carbocycles. The van der Waals surface area contributed by atoms with Crippen LogP contribution in [0.1, 0.15) is 12.8 Å². The molecule has 3 rings (SSSR count). The van der Waals surface area contributed by atoms with E-state index in [1.807, 2.05) is 19.2 Å². The smallest absolute Gasteiger partial charge is 0.244 e. The van der Waals surface area contributed by atoms with Crippen LogP contribution in [0, 0.1) is 0 Å². The highest BCUT2D eigenvalue weighted by molar-refractivity contribution is 7.89. The molecule has 1 aromatic heterocycles. The Morgan fingerprint density at radius 3 is 2.91 bits per heavy atom. The molecule has 0 amide bonds. The third-order valence-electron chi connectivity index (χ3n) is 3.96. The number of likely N-dealkylation sites (N-methyl/N-ethyl adjacent to an activating group) is 1. The van der Waals surface area contributed by atoms with Crippen LogP contribution in [0.3, 0.4) is 0 Å². The normalized spacial score (nSPS) is 19.2. The highest BCUT2D eigenvalue weighted by Gasteiger charge is 2.35. The predicted octanol–water partition coefficient (Wildman–Crippen LogP) is 2.03. The number of pyridine rings is 1. The van der Waals surface area contributed by atoms with E-state index in [0.29, 0.717) is 28.9 Å². The number of nitrogens with one attached hydrogen (secondary N) is 1. The molecule has 5 nitrogen and oxygen atoms in total. The first-order chi connectivity index (χ1) is 10.1. The monoisotopic (exact) mass is 341 g/mol. The Morgan fingerprint density at radius 1 is 1.32 bits per heavy atom. The van der Waals surface area contributed by atoms with Crippen molar-refractivity contribution in [2.24, 2.45) is 0 Å². The largest absolute Gasteiger partial charge is 0.318 e. The van der Waals surface area contributed by atoms with E-state index in [1.54, 1.807) is 28.7 Å². The summed E-state index contributed by atoms with van der Waals surface area (Å²) in [6.07, 6.45) is 3.50. The second-order valence-corrected chi connectivity index (χ2v) is 7.15. The van der Waals surface area contributed by atoms with Gasteiger partial charge in [-0.05, 0) is 44.2 Å². The Hall–Kier alpha value is -1.21. The molecule has 0 bridgehead atoms. The highest BCUT2D eigenvalue weighted by atomic mass is 35.5. The van der Waals surface area contributed by atoms with Gasteiger partial charge in [-0.25, -0.2) is 8.42 Å². The molecule has 1 atom stereocenters. The topological polar surface area (TPSA) is 62.3 Å². The van der Waals surface area contributed by atoms with Gasteiger partial charge < -0.3 is 5.32 Å². The third-order valence-corrected chi connectivity index (χ3v) is 5.97. The van der Waals surface area contributed by atoms with Gasteiger partial charge in [-0.2, -0.15) is 4.31 Å². The number of aromatic nitrogens is 1. The predicted molar refractivity (Wildman–Crippen MR) is 89.8 cm³/mol. The molecule has 22 heavy (non-hydrogen) atoms. The maximum absolute atomic E-state index is 13.0. The third kappa shape index (κ3) is 2.96. The molecule has 1 aliphatic heterocycles. The van der Waals surface area contributed by atoms with Gasteiger partial charge in [0.05, 0.1) is 10.4 Å². The van der Waals surface area contributed by atoms with E-state index in [4.69, 9.17) is 0 Å². The van der Waals surface area contributed by atoms with Crippen molar-refractivity contribution in [2.45, 2.75) is 23.8 Å². The number of halogens is 1. The molecular weight excluding hydrogens is 322 g/mol. The first-order valence-corrected chi connectivity index (χ1v) is 8.59. The van der Waals surface area contributed by atoms with E-state index < -0.39 is 10.0 Å². The van der Waals surface area contributed by atoms with Crippen LogP contribution in [0.2, 0.25) is 0 Å². The average molecular weight is 342 g/mol. The maximum atomic E-state index is 13.0. The lowest BCUT2D eigenvalue weighted by molar-refractivity contribution is 0.379. The lowest BCUT2D eigenvalue weighted by atomic mass is 10.2. The van der Waals surface area contributed by atoms with Crippen LogP contribution in [0.5, 0.6) is 0 Å². The Bertz CT molecular complexity index is 746. The summed E-state index contributed by atoms with van der Waals surface area (Å²) in [6, 6.07) is 8.89. The average Bonchev–Trinajstić information content (AvgIpc) is 2.96. The second-order valence-electron chi connectivity index (χ2n) is 5.30. The zero-order chi connectivity index (χ0) is 14.9. The number of benzene rings is 1. The molecular formula is C15H20ClN3O2S. The fourth-order valence-corrected chi connectivity index (χ4v) is 4.89. The Labute approximate surface area is 137 Å². The fourth-order valence-electron chi connectivity index (χ4n) is 2.99. The minimum atomic E-state index is -3.48. The van der Waals surface area contributed by atoms with Crippen molar-refractivity contribution >= 4 is 33.3 Å². The second kappa shape index (κ2) is 6.91. The van der Waals surface area contributed by atoms with E-state index in [-0.39, 0.29) is 18.4 Å². The van der Waals surface area contributed by atoms with Gasteiger partial charge in [0.1, 0.15) is 0 Å². The van der Waals surface area contributed by atoms with Crippen LogP contribution >= 0.6 is 12.4 Å². The number of rotatable bonds is 4. The Kier molecular flexibility index (Phi) is 5.39. The molecule has 1 saturated heterocycles. The first-order valence-electron chi connectivity index (χ1n) is 7.15. The van der Waals surface area contributed by atoms with Crippen LogP contribution in [0.4, 0.5) is 0 Å². The van der Waals surface area contributed by atoms with E-state index in [2.05, 4.69) is 10.3 Å². The molecule has 0 radical (unpaired) electrons. The molecule has 1 fully saturated rings. The quantitative estimate of drug-likeness (QED) is 0.924. The summed E-state index contributed by atoms with van der Waals surface area (Å²) in [5.74, 6) is 0. The summed E-state index contributed by atoms with van der Waals surface area (Å²) in [4.78, 5) is 4.60. The van der Waals surface area contributed by atoms with Gasteiger partial charge in [0.25, 0.3) is 0 Å². The zero-order valence-corrected chi connectivity index (χ0v) is 14.0. The standard InChI is InChI=1S/C15H19N3O2S.ClH/c1-16-11-12-5-4-10-18(12)21(19,20)15-8-2-7-14-13(15)6-3-9-17-14;/h2-3,6-9,12,16H,4-5,10-11H2,1H3;1H. The summed E-state index contributed by atoms with van der Waals surface area (Å²) in [5.41, 5.74) is 0.711. The van der Waals surface area contributed by atoms with Gasteiger partial charge in [0.2, 0.25) is 10.0 Å². The summed E-state index contributed by atoms with van der Waals surface area (Å²) < 4.78 is 27.6. The van der Waals surface area contributed by atoms with Crippen LogP contribution < -0.4 is 5.32 Å². The highest BCUT2D eigenvalue weighted by Crippen LogP contribution is 2.29. The fraction of sp³-hybridized carbons (Fsp3) is 0.400. The van der Waals surface area contributed by atoms with Gasteiger partial charge in [-0.1, -0.05) is 6.07 Å². The van der Waals surface area contributed by atoms with E-state index in [0.717, 1.165) is 12.8 Å². The summed E-state index contributed by atoms with van der Waals surface area (Å²) in [5, 5.41) is 3.77. The van der Waals surface area contributed by atoms with Gasteiger partial charge in [-0.3, -0.25) is 4.98 Å². The summed E-state index contributed by atoms with van der Waals surface area (Å²) in [6.45, 7) is 1.27. The van der Waals surface area contributed by atoms with Crippen molar-refractivity contribution < 1.29 is 8.42 Å². The van der Waals surface area contributed by atoms with Gasteiger partial charge in [0, 0.05) is 30.7 Å². The van der Waals surface area contributed by atoms with Crippen LogP contribution in [-0.2, 0) is 10.0 Å². The lowest BCUT2D eigenvalue weighted by Gasteiger charge is -2.24. The molecule has 0 saturated carbocycles. The van der Waals surface area contributed by atoms with E-state index in [9.17, 15) is 8.42 Å². The number of fused-ring (bicyclic) bond motifs is 1. The van der Waals surface area contributed by atoms with Gasteiger partial charge >= 0.3 is 0 Å².